The minimum absolute atomic E-state index is 0.0264. The Hall–Kier alpha value is -1.10. The predicted octanol–water partition coefficient (Wildman–Crippen LogP) is 3.35. The van der Waals surface area contributed by atoms with Crippen LogP contribution in [0.3, 0.4) is 0 Å². The Labute approximate surface area is 103 Å². The standard InChI is InChI=1S/C13H15F4N/c1-18-8-6-12(7-9-18,13(15,16)17)10-2-4-11(14)5-3-10/h2-5H,6-9H2,1H3. The summed E-state index contributed by atoms with van der Waals surface area (Å²) >= 11 is 0. The van der Waals surface area contributed by atoms with E-state index >= 15 is 0 Å². The zero-order valence-corrected chi connectivity index (χ0v) is 10.1. The maximum Gasteiger partial charge on any atom is 0.398 e. The van der Waals surface area contributed by atoms with E-state index in [9.17, 15) is 17.6 Å². The van der Waals surface area contributed by atoms with Crippen molar-refractivity contribution in [1.82, 2.24) is 4.90 Å². The van der Waals surface area contributed by atoms with Crippen LogP contribution in [0.1, 0.15) is 18.4 Å². The van der Waals surface area contributed by atoms with Gasteiger partial charge in [0.15, 0.2) is 0 Å². The summed E-state index contributed by atoms with van der Waals surface area (Å²) in [4.78, 5) is 1.88. The predicted molar refractivity (Wildman–Crippen MR) is 60.9 cm³/mol. The SMILES string of the molecule is CN1CCC(c2ccc(F)cc2)(C(F)(F)F)CC1. The van der Waals surface area contributed by atoms with E-state index < -0.39 is 17.4 Å². The van der Waals surface area contributed by atoms with Crippen LogP contribution in [0, 0.1) is 5.82 Å². The fourth-order valence-electron chi connectivity index (χ4n) is 2.50. The molecule has 0 aromatic heterocycles. The van der Waals surface area contributed by atoms with Crippen LogP contribution < -0.4 is 0 Å². The van der Waals surface area contributed by atoms with Gasteiger partial charge >= 0.3 is 6.18 Å². The number of piperidine rings is 1. The van der Waals surface area contributed by atoms with E-state index in [1.165, 1.54) is 12.1 Å². The molecule has 0 spiro atoms. The lowest BCUT2D eigenvalue weighted by Gasteiger charge is -2.42. The largest absolute Gasteiger partial charge is 0.398 e. The lowest BCUT2D eigenvalue weighted by Crippen LogP contribution is -2.50. The quantitative estimate of drug-likeness (QED) is 0.701. The van der Waals surface area contributed by atoms with Crippen LogP contribution in [-0.4, -0.2) is 31.2 Å². The smallest absolute Gasteiger partial charge is 0.306 e. The Morgan fingerprint density at radius 2 is 1.56 bits per heavy atom. The molecule has 0 amide bonds. The summed E-state index contributed by atoms with van der Waals surface area (Å²) in [5.41, 5.74) is -1.66. The molecule has 1 fully saturated rings. The fraction of sp³-hybridized carbons (Fsp3) is 0.538. The van der Waals surface area contributed by atoms with E-state index in [1.54, 1.807) is 0 Å². The summed E-state index contributed by atoms with van der Waals surface area (Å²) in [5.74, 6) is -0.510. The van der Waals surface area contributed by atoms with Crippen molar-refractivity contribution in [2.24, 2.45) is 0 Å². The van der Waals surface area contributed by atoms with E-state index in [0.717, 1.165) is 12.1 Å². The first-order valence-electron chi connectivity index (χ1n) is 5.86. The second-order valence-corrected chi connectivity index (χ2v) is 4.89. The summed E-state index contributed by atoms with van der Waals surface area (Å²) in [6.07, 6.45) is -4.25. The first kappa shape index (κ1) is 13.3. The third-order valence-electron chi connectivity index (χ3n) is 3.78. The van der Waals surface area contributed by atoms with Crippen molar-refractivity contribution in [2.45, 2.75) is 24.4 Å². The van der Waals surface area contributed by atoms with Crippen LogP contribution in [0.15, 0.2) is 24.3 Å². The molecule has 5 heteroatoms. The van der Waals surface area contributed by atoms with Gasteiger partial charge in [-0.25, -0.2) is 4.39 Å². The molecule has 0 aliphatic carbocycles. The number of hydrogen-bond donors (Lipinski definition) is 0. The van der Waals surface area contributed by atoms with Gasteiger partial charge < -0.3 is 4.90 Å². The van der Waals surface area contributed by atoms with Crippen molar-refractivity contribution in [1.29, 1.82) is 0 Å². The highest BCUT2D eigenvalue weighted by Gasteiger charge is 2.56. The van der Waals surface area contributed by atoms with Gasteiger partial charge in [-0.05, 0) is 50.7 Å². The van der Waals surface area contributed by atoms with Gasteiger partial charge in [0.25, 0.3) is 0 Å². The molecule has 0 radical (unpaired) electrons. The van der Waals surface area contributed by atoms with Crippen molar-refractivity contribution < 1.29 is 17.6 Å². The average Bonchev–Trinajstić information content (AvgIpc) is 2.30. The molecule has 1 aromatic carbocycles. The van der Waals surface area contributed by atoms with Gasteiger partial charge in [-0.1, -0.05) is 12.1 Å². The van der Waals surface area contributed by atoms with E-state index in [-0.39, 0.29) is 18.4 Å². The van der Waals surface area contributed by atoms with Crippen molar-refractivity contribution in [3.05, 3.63) is 35.6 Å². The Morgan fingerprint density at radius 3 is 2.00 bits per heavy atom. The molecule has 0 atom stereocenters. The van der Waals surface area contributed by atoms with Crippen LogP contribution >= 0.6 is 0 Å². The Kier molecular flexibility index (Phi) is 3.36. The summed E-state index contributed by atoms with van der Waals surface area (Å²) in [7, 11) is 1.81. The number of benzene rings is 1. The zero-order chi connectivity index (χ0) is 13.4. The Morgan fingerprint density at radius 1 is 1.06 bits per heavy atom. The van der Waals surface area contributed by atoms with E-state index in [2.05, 4.69) is 0 Å². The molecule has 100 valence electrons. The fourth-order valence-corrected chi connectivity index (χ4v) is 2.50. The second-order valence-electron chi connectivity index (χ2n) is 4.89. The molecule has 0 saturated carbocycles. The maximum atomic E-state index is 13.4. The van der Waals surface area contributed by atoms with Gasteiger partial charge in [0.1, 0.15) is 5.82 Å². The average molecular weight is 261 g/mol. The summed E-state index contributed by atoms with van der Waals surface area (Å²) in [6, 6.07) is 4.71. The highest BCUT2D eigenvalue weighted by atomic mass is 19.4. The summed E-state index contributed by atoms with van der Waals surface area (Å²) in [5, 5.41) is 0. The van der Waals surface area contributed by atoms with Crippen LogP contribution in [0.25, 0.3) is 0 Å². The van der Waals surface area contributed by atoms with Gasteiger partial charge in [-0.2, -0.15) is 13.2 Å². The Bertz CT molecular complexity index is 402. The van der Waals surface area contributed by atoms with Gasteiger partial charge in [0, 0.05) is 0 Å². The lowest BCUT2D eigenvalue weighted by molar-refractivity contribution is -0.202. The molecule has 1 heterocycles. The van der Waals surface area contributed by atoms with Crippen LogP contribution in [-0.2, 0) is 5.41 Å². The molecule has 0 bridgehead atoms. The monoisotopic (exact) mass is 261 g/mol. The van der Waals surface area contributed by atoms with E-state index in [1.807, 2.05) is 11.9 Å². The van der Waals surface area contributed by atoms with Gasteiger partial charge in [-0.15, -0.1) is 0 Å². The number of halogens is 4. The second kappa shape index (κ2) is 4.53. The van der Waals surface area contributed by atoms with Crippen molar-refractivity contribution in [3.8, 4) is 0 Å². The van der Waals surface area contributed by atoms with E-state index in [0.29, 0.717) is 13.1 Å². The summed E-state index contributed by atoms with van der Waals surface area (Å²) < 4.78 is 53.0. The van der Waals surface area contributed by atoms with Crippen LogP contribution in [0.2, 0.25) is 0 Å². The van der Waals surface area contributed by atoms with Gasteiger partial charge in [0.2, 0.25) is 0 Å². The highest BCUT2D eigenvalue weighted by molar-refractivity contribution is 5.29. The lowest BCUT2D eigenvalue weighted by atomic mass is 9.72. The minimum atomic E-state index is -4.30. The Balaban J connectivity index is 2.40. The third kappa shape index (κ3) is 2.23. The normalized spacial score (nSPS) is 20.9. The van der Waals surface area contributed by atoms with Gasteiger partial charge in [-0.3, -0.25) is 0 Å². The zero-order valence-electron chi connectivity index (χ0n) is 10.1. The molecule has 0 N–H and O–H groups in total. The molecule has 1 aliphatic rings. The number of hydrogen-bond acceptors (Lipinski definition) is 1. The molecule has 1 aromatic rings. The molecule has 2 rings (SSSR count). The van der Waals surface area contributed by atoms with Crippen LogP contribution in [0.4, 0.5) is 17.6 Å². The minimum Gasteiger partial charge on any atom is -0.306 e. The number of nitrogens with zero attached hydrogens (tertiary/aromatic N) is 1. The number of likely N-dealkylation sites (tertiary alicyclic amines) is 1. The van der Waals surface area contributed by atoms with Crippen molar-refractivity contribution in [3.63, 3.8) is 0 Å². The maximum absolute atomic E-state index is 13.4. The molecule has 1 aliphatic heterocycles. The third-order valence-corrected chi connectivity index (χ3v) is 3.78. The van der Waals surface area contributed by atoms with E-state index in [4.69, 9.17) is 0 Å². The molecular weight excluding hydrogens is 246 g/mol. The number of rotatable bonds is 1. The van der Waals surface area contributed by atoms with Crippen molar-refractivity contribution >= 4 is 0 Å². The van der Waals surface area contributed by atoms with Crippen LogP contribution in [0.5, 0.6) is 0 Å². The molecule has 1 nitrogen and oxygen atoms in total. The first-order valence-corrected chi connectivity index (χ1v) is 5.86. The topological polar surface area (TPSA) is 3.24 Å². The summed E-state index contributed by atoms with van der Waals surface area (Å²) in [6.45, 7) is 0.799. The molecular formula is C13H15F4N. The number of alkyl halides is 3. The molecule has 1 saturated heterocycles. The molecule has 18 heavy (non-hydrogen) atoms. The van der Waals surface area contributed by atoms with Gasteiger partial charge in [0.05, 0.1) is 5.41 Å². The van der Waals surface area contributed by atoms with Crippen molar-refractivity contribution in [2.75, 3.05) is 20.1 Å². The first-order chi connectivity index (χ1) is 8.35. The molecule has 0 unspecified atom stereocenters. The highest BCUT2D eigenvalue weighted by Crippen LogP contribution is 2.48.